The Bertz CT molecular complexity index is 2090. The van der Waals surface area contributed by atoms with Gasteiger partial charge in [-0.2, -0.15) is 12.1 Å². The summed E-state index contributed by atoms with van der Waals surface area (Å²) in [6.45, 7) is 1.80. The molecule has 0 aliphatic carbocycles. The minimum absolute atomic E-state index is 0. The molecule has 7 rings (SSSR count). The van der Waals surface area contributed by atoms with Crippen LogP contribution in [-0.2, 0) is 34.2 Å². The number of aryl methyl sites for hydroxylation is 3. The Morgan fingerprint density at radius 1 is 0.796 bits per heavy atom. The van der Waals surface area contributed by atoms with Crippen LogP contribution in [0.3, 0.4) is 0 Å². The van der Waals surface area contributed by atoms with Gasteiger partial charge in [0.15, 0.2) is 0 Å². The van der Waals surface area contributed by atoms with Crippen LogP contribution in [0.5, 0.6) is 23.0 Å². The first-order valence-electron chi connectivity index (χ1n) is 14.7. The quantitative estimate of drug-likeness (QED) is 0.177. The smallest absolute Gasteiger partial charge is 0.242 e. The summed E-state index contributed by atoms with van der Waals surface area (Å²) in [7, 11) is 10.4. The van der Waals surface area contributed by atoms with Gasteiger partial charge in [0.2, 0.25) is 12.7 Å². The summed E-state index contributed by atoms with van der Waals surface area (Å²) in [5.41, 5.74) is 4.53. The molecule has 0 spiro atoms. The topological polar surface area (TPSA) is 107 Å². The summed E-state index contributed by atoms with van der Waals surface area (Å²) in [5, 5.41) is 7.65. The Balaban J connectivity index is 0.000000169. The van der Waals surface area contributed by atoms with Crippen LogP contribution in [0.4, 0.5) is 0 Å². The zero-order chi connectivity index (χ0) is 34.0. The number of benzene rings is 3. The zero-order valence-electron chi connectivity index (χ0n) is 28.1. The molecule has 49 heavy (non-hydrogen) atoms. The van der Waals surface area contributed by atoms with E-state index in [0.29, 0.717) is 28.9 Å². The van der Waals surface area contributed by atoms with Crippen LogP contribution in [0.2, 0.25) is 0 Å². The molecular formula is C36H35IrN8O4-3. The SMILES string of the molecule is COc1c[c-]c(-n2[c-][n+](C)c3ccccc32)c(OC)c1.COc1c[c-]c(-n2[c-][n+](C)cc2)c(OC)c1.Cc1n[n-]c(-c2ccccn2)n1.[Ir]. The Morgan fingerprint density at radius 3 is 2.02 bits per heavy atom. The molecule has 0 N–H and O–H groups in total. The Kier molecular flexibility index (Phi) is 12.6. The number of rotatable bonds is 7. The molecule has 7 aromatic rings. The molecule has 0 fully saturated rings. The number of aromatic nitrogens is 8. The molecule has 13 heteroatoms. The molecule has 3 aromatic carbocycles. The van der Waals surface area contributed by atoms with Crippen LogP contribution >= 0.6 is 0 Å². The largest absolute Gasteiger partial charge is 0.560 e. The first-order chi connectivity index (χ1) is 23.3. The fraction of sp³-hybridized carbons (Fsp3) is 0.194. The van der Waals surface area contributed by atoms with Crippen molar-refractivity contribution in [2.75, 3.05) is 28.4 Å². The number of fused-ring (bicyclic) bond motifs is 1. The van der Waals surface area contributed by atoms with Crippen molar-refractivity contribution >= 4 is 11.0 Å². The molecule has 0 saturated carbocycles. The second-order valence-corrected chi connectivity index (χ2v) is 10.2. The summed E-state index contributed by atoms with van der Waals surface area (Å²) < 4.78 is 28.6. The summed E-state index contributed by atoms with van der Waals surface area (Å²) in [5.74, 6) is 4.10. The molecule has 0 aliphatic rings. The summed E-state index contributed by atoms with van der Waals surface area (Å²) in [4.78, 5) is 8.19. The second kappa shape index (κ2) is 17.0. The van der Waals surface area contributed by atoms with Gasteiger partial charge in [-0.1, -0.05) is 42.5 Å². The third-order valence-electron chi connectivity index (χ3n) is 6.98. The number of pyridine rings is 1. The number of imidazole rings is 2. The molecule has 0 atom stereocenters. The van der Waals surface area contributed by atoms with Crippen molar-refractivity contribution in [3.8, 4) is 45.9 Å². The first-order valence-corrected chi connectivity index (χ1v) is 14.7. The number of ether oxygens (including phenoxy) is 4. The van der Waals surface area contributed by atoms with E-state index in [9.17, 15) is 0 Å². The average molecular weight is 836 g/mol. The van der Waals surface area contributed by atoms with Gasteiger partial charge in [0.1, 0.15) is 0 Å². The van der Waals surface area contributed by atoms with Gasteiger partial charge >= 0.3 is 0 Å². The van der Waals surface area contributed by atoms with Gasteiger partial charge in [0.05, 0.1) is 59.3 Å². The Hall–Kier alpha value is -5.52. The van der Waals surface area contributed by atoms with Crippen LogP contribution in [0.1, 0.15) is 5.82 Å². The van der Waals surface area contributed by atoms with Crippen molar-refractivity contribution in [3.05, 3.63) is 116 Å². The third kappa shape index (κ3) is 8.69. The number of para-hydroxylation sites is 2. The predicted octanol–water partition coefficient (Wildman–Crippen LogP) is 3.79. The van der Waals surface area contributed by atoms with Crippen molar-refractivity contribution in [1.82, 2.24) is 29.3 Å². The van der Waals surface area contributed by atoms with Gasteiger partial charge in [-0.05, 0) is 36.3 Å². The van der Waals surface area contributed by atoms with E-state index >= 15 is 0 Å². The van der Waals surface area contributed by atoms with Crippen LogP contribution in [0.25, 0.3) is 33.9 Å². The maximum Gasteiger partial charge on any atom is 0.242 e. The molecule has 0 aliphatic heterocycles. The van der Waals surface area contributed by atoms with E-state index in [1.165, 1.54) is 0 Å². The van der Waals surface area contributed by atoms with Crippen molar-refractivity contribution < 1.29 is 48.2 Å². The normalized spacial score (nSPS) is 10.2. The van der Waals surface area contributed by atoms with Gasteiger partial charge < -0.3 is 47.3 Å². The number of hydrogen-bond donors (Lipinski definition) is 0. The molecular weight excluding hydrogens is 801 g/mol. The maximum atomic E-state index is 5.44. The van der Waals surface area contributed by atoms with Crippen LogP contribution in [0, 0.1) is 31.7 Å². The molecule has 0 bridgehead atoms. The Morgan fingerprint density at radius 2 is 1.45 bits per heavy atom. The minimum Gasteiger partial charge on any atom is -0.560 e. The van der Waals surface area contributed by atoms with Gasteiger partial charge in [0, 0.05) is 67.5 Å². The minimum atomic E-state index is 0. The van der Waals surface area contributed by atoms with E-state index in [0.717, 1.165) is 33.9 Å². The Labute approximate surface area is 298 Å². The first kappa shape index (κ1) is 36.3. The van der Waals surface area contributed by atoms with Crippen molar-refractivity contribution in [2.45, 2.75) is 6.92 Å². The van der Waals surface area contributed by atoms with E-state index in [-0.39, 0.29) is 20.1 Å². The van der Waals surface area contributed by atoms with E-state index in [2.05, 4.69) is 51.0 Å². The second-order valence-electron chi connectivity index (χ2n) is 10.2. The van der Waals surface area contributed by atoms with Crippen molar-refractivity contribution in [3.63, 3.8) is 0 Å². The van der Waals surface area contributed by atoms with E-state index in [1.54, 1.807) is 53.7 Å². The fourth-order valence-electron chi connectivity index (χ4n) is 4.62. The van der Waals surface area contributed by atoms with Gasteiger partial charge in [0.25, 0.3) is 0 Å². The van der Waals surface area contributed by atoms with Crippen LogP contribution < -0.4 is 33.2 Å². The molecule has 12 nitrogen and oxygen atoms in total. The van der Waals surface area contributed by atoms with Gasteiger partial charge in [-0.15, -0.1) is 12.1 Å². The molecule has 0 unspecified atom stereocenters. The maximum absolute atomic E-state index is 5.44. The third-order valence-corrected chi connectivity index (χ3v) is 6.98. The van der Waals surface area contributed by atoms with E-state index in [1.807, 2.05) is 93.3 Å². The summed E-state index contributed by atoms with van der Waals surface area (Å²) >= 11 is 0. The summed E-state index contributed by atoms with van der Waals surface area (Å²) in [6, 6.07) is 27.2. The number of hydrogen-bond acceptors (Lipinski definition) is 7. The molecule has 255 valence electrons. The van der Waals surface area contributed by atoms with Crippen LogP contribution in [0.15, 0.2) is 85.3 Å². The van der Waals surface area contributed by atoms with Gasteiger partial charge in [-0.3, -0.25) is 10.1 Å². The van der Waals surface area contributed by atoms with Gasteiger partial charge in [-0.25, -0.2) is 0 Å². The zero-order valence-corrected chi connectivity index (χ0v) is 30.5. The molecule has 4 heterocycles. The average Bonchev–Trinajstić information content (AvgIpc) is 3.87. The fourth-order valence-corrected chi connectivity index (χ4v) is 4.62. The molecule has 0 amide bonds. The summed E-state index contributed by atoms with van der Waals surface area (Å²) in [6.07, 6.45) is 11.8. The molecule has 0 saturated heterocycles. The predicted molar refractivity (Wildman–Crippen MR) is 176 cm³/mol. The van der Waals surface area contributed by atoms with Crippen molar-refractivity contribution in [1.29, 1.82) is 0 Å². The monoisotopic (exact) mass is 836 g/mol. The number of nitrogens with zero attached hydrogens (tertiary/aromatic N) is 8. The van der Waals surface area contributed by atoms with Crippen molar-refractivity contribution in [2.24, 2.45) is 14.1 Å². The molecule has 1 radical (unpaired) electrons. The number of methoxy groups -OCH3 is 4. The van der Waals surface area contributed by atoms with E-state index in [4.69, 9.17) is 18.9 Å². The standard InChI is InChI=1S/C16H15N2O2.C12H13N2O2.C8H7N4.Ir/c1-17-11-18(14-7-5-4-6-13(14)17)15-9-8-12(19-2)10-16(15)20-3;1-13-6-7-14(9-13)11-5-4-10(15-2)8-12(11)16-3;1-6-10-8(12-11-6)7-4-2-3-5-9-7;/h4-8,10H,1-3H3;4,6-8H,1-3H3;2-5H,1H3;/q3*-1;. The molecule has 4 aromatic heterocycles. The van der Waals surface area contributed by atoms with E-state index < -0.39 is 0 Å². The van der Waals surface area contributed by atoms with Crippen LogP contribution in [-0.4, -0.2) is 52.6 Å².